The molecule has 0 aliphatic heterocycles. The van der Waals surface area contributed by atoms with Gasteiger partial charge >= 0.3 is 0 Å². The molecule has 0 saturated heterocycles. The summed E-state index contributed by atoms with van der Waals surface area (Å²) in [6, 6.07) is 1.61. The number of nitrogens with two attached hydrogens (primary N) is 1. The quantitative estimate of drug-likeness (QED) is 0.826. The zero-order chi connectivity index (χ0) is 12.4. The van der Waals surface area contributed by atoms with E-state index in [0.717, 1.165) is 18.8 Å². The molecule has 1 saturated carbocycles. The monoisotopic (exact) mass is 255 g/mol. The minimum atomic E-state index is 0.157. The van der Waals surface area contributed by atoms with Crippen LogP contribution in [0.5, 0.6) is 5.88 Å². The third-order valence-corrected chi connectivity index (χ3v) is 3.72. The first-order valence-corrected chi connectivity index (χ1v) is 6.39. The van der Waals surface area contributed by atoms with E-state index >= 15 is 0 Å². The summed E-state index contributed by atoms with van der Waals surface area (Å²) < 4.78 is 5.82. The molecule has 0 spiro atoms. The van der Waals surface area contributed by atoms with E-state index in [4.69, 9.17) is 22.1 Å². The summed E-state index contributed by atoms with van der Waals surface area (Å²) in [4.78, 5) is 7.84. The number of ether oxygens (including phenoxy) is 1. The molecule has 1 aliphatic rings. The Morgan fingerprint density at radius 3 is 2.71 bits per heavy atom. The zero-order valence-corrected chi connectivity index (χ0v) is 10.9. The lowest BCUT2D eigenvalue weighted by atomic mass is 9.80. The predicted molar refractivity (Wildman–Crippen MR) is 68.0 cm³/mol. The van der Waals surface area contributed by atoms with E-state index in [2.05, 4.69) is 23.8 Å². The molecule has 0 aromatic carbocycles. The van der Waals surface area contributed by atoms with Gasteiger partial charge in [-0.3, -0.25) is 0 Å². The minimum Gasteiger partial charge on any atom is -0.474 e. The molecular weight excluding hydrogens is 238 g/mol. The maximum atomic E-state index is 5.82. The molecule has 3 atom stereocenters. The summed E-state index contributed by atoms with van der Waals surface area (Å²) >= 11 is 5.81. The number of rotatable bonds is 2. The maximum absolute atomic E-state index is 5.82. The Balaban J connectivity index is 2.01. The summed E-state index contributed by atoms with van der Waals surface area (Å²) in [7, 11) is 0. The van der Waals surface area contributed by atoms with Gasteiger partial charge in [0.1, 0.15) is 11.3 Å². The molecule has 4 nitrogen and oxygen atoms in total. The van der Waals surface area contributed by atoms with Crippen molar-refractivity contribution in [3.8, 4) is 5.88 Å². The van der Waals surface area contributed by atoms with Gasteiger partial charge in [0.05, 0.1) is 0 Å². The number of anilines is 1. The molecule has 17 heavy (non-hydrogen) atoms. The summed E-state index contributed by atoms with van der Waals surface area (Å²) in [5.74, 6) is 2.09. The molecule has 1 aliphatic carbocycles. The molecule has 1 aromatic heterocycles. The van der Waals surface area contributed by atoms with E-state index < -0.39 is 0 Å². The normalized spacial score (nSPS) is 29.0. The Hall–Kier alpha value is -1.03. The van der Waals surface area contributed by atoms with Gasteiger partial charge < -0.3 is 10.5 Å². The molecule has 1 fully saturated rings. The van der Waals surface area contributed by atoms with Gasteiger partial charge in [0.2, 0.25) is 11.8 Å². The molecule has 2 rings (SSSR count). The van der Waals surface area contributed by atoms with E-state index in [-0.39, 0.29) is 12.1 Å². The predicted octanol–water partition coefficient (Wildman–Crippen LogP) is 2.92. The van der Waals surface area contributed by atoms with E-state index in [0.29, 0.717) is 17.0 Å². The van der Waals surface area contributed by atoms with Gasteiger partial charge in [0, 0.05) is 6.07 Å². The second kappa shape index (κ2) is 5.08. The Bertz CT molecular complexity index is 379. The highest BCUT2D eigenvalue weighted by Gasteiger charge is 2.26. The van der Waals surface area contributed by atoms with Crippen molar-refractivity contribution in [1.29, 1.82) is 0 Å². The summed E-state index contributed by atoms with van der Waals surface area (Å²) in [6.45, 7) is 4.56. The molecule has 3 unspecified atom stereocenters. The van der Waals surface area contributed by atoms with E-state index in [1.807, 2.05) is 0 Å². The Morgan fingerprint density at radius 1 is 1.29 bits per heavy atom. The largest absolute Gasteiger partial charge is 0.474 e. The summed E-state index contributed by atoms with van der Waals surface area (Å²) in [6.07, 6.45) is 3.53. The molecule has 1 aromatic rings. The number of hydrogen-bond donors (Lipinski definition) is 1. The van der Waals surface area contributed by atoms with Gasteiger partial charge in [-0.25, -0.2) is 4.98 Å². The highest BCUT2D eigenvalue weighted by molar-refractivity contribution is 6.29. The molecule has 2 N–H and O–H groups in total. The van der Waals surface area contributed by atoms with Crippen LogP contribution in [0.25, 0.3) is 0 Å². The van der Waals surface area contributed by atoms with Crippen molar-refractivity contribution < 1.29 is 4.74 Å². The molecule has 94 valence electrons. The lowest BCUT2D eigenvalue weighted by molar-refractivity contribution is 0.0965. The van der Waals surface area contributed by atoms with Crippen LogP contribution < -0.4 is 10.5 Å². The molecule has 0 radical (unpaired) electrons. The Labute approximate surface area is 107 Å². The van der Waals surface area contributed by atoms with Crippen molar-refractivity contribution in [3.05, 3.63) is 11.2 Å². The van der Waals surface area contributed by atoms with E-state index in [1.54, 1.807) is 6.07 Å². The topological polar surface area (TPSA) is 61.0 Å². The van der Waals surface area contributed by atoms with Gasteiger partial charge in [0.25, 0.3) is 0 Å². The van der Waals surface area contributed by atoms with Gasteiger partial charge in [-0.2, -0.15) is 4.98 Å². The lowest BCUT2D eigenvalue weighted by Crippen LogP contribution is -2.29. The van der Waals surface area contributed by atoms with E-state index in [9.17, 15) is 0 Å². The smallest absolute Gasteiger partial charge is 0.224 e. The average molecular weight is 256 g/mol. The average Bonchev–Trinajstić information content (AvgIpc) is 2.22. The van der Waals surface area contributed by atoms with Crippen molar-refractivity contribution in [2.24, 2.45) is 11.8 Å². The first-order valence-electron chi connectivity index (χ1n) is 6.01. The number of nitrogens with zero attached hydrogens (tertiary/aromatic N) is 2. The van der Waals surface area contributed by atoms with Crippen LogP contribution in [-0.2, 0) is 0 Å². The molecule has 0 bridgehead atoms. The molecule has 5 heteroatoms. The number of nitrogen functional groups attached to an aromatic ring is 1. The second-order valence-corrected chi connectivity index (χ2v) is 5.28. The van der Waals surface area contributed by atoms with Gasteiger partial charge in [-0.1, -0.05) is 25.4 Å². The third kappa shape index (κ3) is 3.22. The van der Waals surface area contributed by atoms with Crippen molar-refractivity contribution >= 4 is 17.5 Å². The minimum absolute atomic E-state index is 0.157. The number of hydrogen-bond acceptors (Lipinski definition) is 4. The zero-order valence-electron chi connectivity index (χ0n) is 10.2. The highest BCUT2D eigenvalue weighted by Crippen LogP contribution is 2.31. The van der Waals surface area contributed by atoms with Crippen LogP contribution in [0.1, 0.15) is 33.1 Å². The third-order valence-electron chi connectivity index (χ3n) is 3.53. The van der Waals surface area contributed by atoms with E-state index in [1.165, 1.54) is 6.42 Å². The summed E-state index contributed by atoms with van der Waals surface area (Å²) in [5.41, 5.74) is 5.53. The van der Waals surface area contributed by atoms with Crippen LogP contribution >= 0.6 is 11.6 Å². The van der Waals surface area contributed by atoms with Crippen molar-refractivity contribution in [2.75, 3.05) is 5.73 Å². The van der Waals surface area contributed by atoms with Gasteiger partial charge in [-0.15, -0.1) is 0 Å². The molecular formula is C12H18ClN3O. The second-order valence-electron chi connectivity index (χ2n) is 4.89. The van der Waals surface area contributed by atoms with Crippen molar-refractivity contribution in [3.63, 3.8) is 0 Å². The van der Waals surface area contributed by atoms with Gasteiger partial charge in [-0.05, 0) is 31.1 Å². The van der Waals surface area contributed by atoms with Crippen LogP contribution in [0.4, 0.5) is 5.95 Å². The summed E-state index contributed by atoms with van der Waals surface area (Å²) in [5, 5.41) is 0.324. The highest BCUT2D eigenvalue weighted by atomic mass is 35.5. The molecule has 1 heterocycles. The van der Waals surface area contributed by atoms with Crippen LogP contribution in [-0.4, -0.2) is 16.1 Å². The fourth-order valence-electron chi connectivity index (χ4n) is 2.25. The standard InChI is InChI=1S/C12H18ClN3O/c1-7-3-4-9(5-8(7)2)17-11-6-10(13)15-12(14)16-11/h6-9H,3-5H2,1-2H3,(H2,14,15,16). The van der Waals surface area contributed by atoms with Gasteiger partial charge in [0.15, 0.2) is 0 Å². The SMILES string of the molecule is CC1CCC(Oc2cc(Cl)nc(N)n2)CC1C. The molecule has 0 amide bonds. The van der Waals surface area contributed by atoms with Crippen molar-refractivity contribution in [1.82, 2.24) is 9.97 Å². The van der Waals surface area contributed by atoms with Crippen LogP contribution in [0.2, 0.25) is 5.15 Å². The van der Waals surface area contributed by atoms with Crippen LogP contribution in [0.3, 0.4) is 0 Å². The fourth-order valence-corrected chi connectivity index (χ4v) is 2.43. The Kier molecular flexibility index (Phi) is 3.72. The Morgan fingerprint density at radius 2 is 2.06 bits per heavy atom. The number of aromatic nitrogens is 2. The van der Waals surface area contributed by atoms with Crippen molar-refractivity contribution in [2.45, 2.75) is 39.2 Å². The fraction of sp³-hybridized carbons (Fsp3) is 0.667. The van der Waals surface area contributed by atoms with Crippen LogP contribution in [0, 0.1) is 11.8 Å². The van der Waals surface area contributed by atoms with Crippen LogP contribution in [0.15, 0.2) is 6.07 Å². The maximum Gasteiger partial charge on any atom is 0.224 e. The first-order chi connectivity index (χ1) is 8.04. The number of halogens is 1. The lowest BCUT2D eigenvalue weighted by Gasteiger charge is -2.31. The first kappa shape index (κ1) is 12.4.